The molecule has 0 unspecified atom stereocenters. The quantitative estimate of drug-likeness (QED) is 0.689. The Labute approximate surface area is 161 Å². The van der Waals surface area contributed by atoms with E-state index in [1.807, 2.05) is 11.8 Å². The zero-order valence-corrected chi connectivity index (χ0v) is 16.7. The summed E-state index contributed by atoms with van der Waals surface area (Å²) < 4.78 is 26.7. The minimum atomic E-state index is -3.61. The van der Waals surface area contributed by atoms with Crippen molar-refractivity contribution in [1.29, 1.82) is 0 Å². The third kappa shape index (κ3) is 6.02. The Balaban J connectivity index is 2.05. The van der Waals surface area contributed by atoms with Gasteiger partial charge in [0.15, 0.2) is 0 Å². The molecule has 1 aliphatic heterocycles. The number of benzene rings is 1. The maximum Gasteiger partial charge on any atom is 0.253 e. The van der Waals surface area contributed by atoms with Crippen LogP contribution in [0.2, 0.25) is 0 Å². The average Bonchev–Trinajstić information content (AvgIpc) is 2.87. The molecule has 0 spiro atoms. The number of hydrogen-bond donors (Lipinski definition) is 2. The van der Waals surface area contributed by atoms with Gasteiger partial charge in [0, 0.05) is 44.8 Å². The summed E-state index contributed by atoms with van der Waals surface area (Å²) in [5.41, 5.74) is 0.353. The fraction of sp³-hybridized carbons (Fsp3) is 0.556. The number of rotatable bonds is 7. The first kappa shape index (κ1) is 21.3. The van der Waals surface area contributed by atoms with E-state index in [2.05, 4.69) is 10.0 Å². The molecule has 0 saturated carbocycles. The van der Waals surface area contributed by atoms with Crippen molar-refractivity contribution in [1.82, 2.24) is 19.8 Å². The molecule has 27 heavy (non-hydrogen) atoms. The molecule has 1 aliphatic rings. The lowest BCUT2D eigenvalue weighted by Crippen LogP contribution is -2.40. The lowest BCUT2D eigenvalue weighted by atomic mass is 10.2. The van der Waals surface area contributed by atoms with Crippen molar-refractivity contribution in [2.75, 3.05) is 45.8 Å². The molecule has 0 aliphatic carbocycles. The Hall–Kier alpha value is -1.97. The number of hydrogen-bond acceptors (Lipinski definition) is 5. The van der Waals surface area contributed by atoms with Gasteiger partial charge in [0.05, 0.1) is 11.4 Å². The first-order valence-corrected chi connectivity index (χ1v) is 10.7. The summed E-state index contributed by atoms with van der Waals surface area (Å²) in [4.78, 5) is 28.4. The molecule has 1 saturated heterocycles. The van der Waals surface area contributed by atoms with Gasteiger partial charge in [-0.15, -0.1) is 0 Å². The predicted molar refractivity (Wildman–Crippen MR) is 103 cm³/mol. The summed E-state index contributed by atoms with van der Waals surface area (Å²) in [6.07, 6.45) is 0.764. The molecule has 2 N–H and O–H groups in total. The third-order valence-corrected chi connectivity index (χ3v) is 5.89. The van der Waals surface area contributed by atoms with Gasteiger partial charge in [0.2, 0.25) is 15.9 Å². The van der Waals surface area contributed by atoms with Crippen LogP contribution >= 0.6 is 0 Å². The van der Waals surface area contributed by atoms with Gasteiger partial charge >= 0.3 is 0 Å². The summed E-state index contributed by atoms with van der Waals surface area (Å²) in [6, 6.07) is 6.10. The highest BCUT2D eigenvalue weighted by Crippen LogP contribution is 2.15. The van der Waals surface area contributed by atoms with Crippen molar-refractivity contribution in [2.45, 2.75) is 25.2 Å². The number of carbonyl (C=O) groups excluding carboxylic acids is 2. The highest BCUT2D eigenvalue weighted by Gasteiger charge is 2.22. The van der Waals surface area contributed by atoms with Crippen LogP contribution in [0.4, 0.5) is 0 Å². The van der Waals surface area contributed by atoms with Gasteiger partial charge in [0.25, 0.3) is 5.91 Å². The van der Waals surface area contributed by atoms with E-state index < -0.39 is 10.0 Å². The van der Waals surface area contributed by atoms with Gasteiger partial charge in [-0.3, -0.25) is 14.5 Å². The summed E-state index contributed by atoms with van der Waals surface area (Å²) in [7, 11) is -3.61. The molecule has 1 fully saturated rings. The molecule has 0 atom stereocenters. The Bertz CT molecular complexity index is 766. The Kier molecular flexibility index (Phi) is 7.76. The Morgan fingerprint density at radius 2 is 1.85 bits per heavy atom. The number of carbonyl (C=O) groups is 2. The van der Waals surface area contributed by atoms with Gasteiger partial charge in [-0.25, -0.2) is 13.1 Å². The van der Waals surface area contributed by atoms with Gasteiger partial charge in [-0.1, -0.05) is 13.0 Å². The monoisotopic (exact) mass is 396 g/mol. The molecule has 150 valence electrons. The largest absolute Gasteiger partial charge is 0.355 e. The van der Waals surface area contributed by atoms with Crippen LogP contribution < -0.4 is 10.0 Å². The van der Waals surface area contributed by atoms with Crippen LogP contribution in [0, 0.1) is 0 Å². The molecule has 0 radical (unpaired) electrons. The van der Waals surface area contributed by atoms with Gasteiger partial charge in [0.1, 0.15) is 0 Å². The van der Waals surface area contributed by atoms with E-state index >= 15 is 0 Å². The molecule has 0 aromatic heterocycles. The van der Waals surface area contributed by atoms with Crippen LogP contribution in [-0.4, -0.2) is 75.8 Å². The van der Waals surface area contributed by atoms with Crippen molar-refractivity contribution in [3.05, 3.63) is 29.8 Å². The standard InChI is InChI=1S/C18H28N4O4S/c1-3-19-17(23)14-21-9-6-10-22(12-11-21)18(24)15-7-5-8-16(13-15)27(25,26)20-4-2/h5,7-8,13,20H,3-4,6,9-12,14H2,1-2H3,(H,19,23). The Morgan fingerprint density at radius 3 is 2.56 bits per heavy atom. The van der Waals surface area contributed by atoms with Crippen LogP contribution in [0.25, 0.3) is 0 Å². The normalized spacial score (nSPS) is 16.0. The second-order valence-electron chi connectivity index (χ2n) is 6.40. The van der Waals surface area contributed by atoms with E-state index in [9.17, 15) is 18.0 Å². The van der Waals surface area contributed by atoms with E-state index in [0.29, 0.717) is 38.3 Å². The minimum Gasteiger partial charge on any atom is -0.355 e. The number of nitrogens with zero attached hydrogens (tertiary/aromatic N) is 2. The lowest BCUT2D eigenvalue weighted by Gasteiger charge is -2.22. The van der Waals surface area contributed by atoms with Crippen molar-refractivity contribution in [3.63, 3.8) is 0 Å². The molecule has 1 aromatic rings. The van der Waals surface area contributed by atoms with Crippen molar-refractivity contribution < 1.29 is 18.0 Å². The molecule has 8 nitrogen and oxygen atoms in total. The molecular weight excluding hydrogens is 368 g/mol. The van der Waals surface area contributed by atoms with Crippen LogP contribution in [-0.2, 0) is 14.8 Å². The van der Waals surface area contributed by atoms with Gasteiger partial charge in [-0.2, -0.15) is 0 Å². The maximum atomic E-state index is 12.8. The zero-order chi connectivity index (χ0) is 19.9. The minimum absolute atomic E-state index is 0.0152. The highest BCUT2D eigenvalue weighted by molar-refractivity contribution is 7.89. The molecule has 1 heterocycles. The van der Waals surface area contributed by atoms with E-state index in [4.69, 9.17) is 0 Å². The predicted octanol–water partition coefficient (Wildman–Crippen LogP) is 0.269. The molecule has 1 aromatic carbocycles. The van der Waals surface area contributed by atoms with Crippen LogP contribution in [0.15, 0.2) is 29.2 Å². The van der Waals surface area contributed by atoms with Crippen molar-refractivity contribution >= 4 is 21.8 Å². The summed E-state index contributed by atoms with van der Waals surface area (Å²) in [5, 5.41) is 2.78. The van der Waals surface area contributed by atoms with Crippen LogP contribution in [0.3, 0.4) is 0 Å². The number of sulfonamides is 1. The average molecular weight is 397 g/mol. The first-order valence-electron chi connectivity index (χ1n) is 9.25. The summed E-state index contributed by atoms with van der Waals surface area (Å²) >= 11 is 0. The summed E-state index contributed by atoms with van der Waals surface area (Å²) in [6.45, 7) is 7.23. The second-order valence-corrected chi connectivity index (χ2v) is 8.17. The topological polar surface area (TPSA) is 98.8 Å². The van der Waals surface area contributed by atoms with Crippen LogP contribution in [0.1, 0.15) is 30.6 Å². The lowest BCUT2D eigenvalue weighted by molar-refractivity contribution is -0.122. The van der Waals surface area contributed by atoms with Gasteiger partial charge in [-0.05, 0) is 31.5 Å². The van der Waals surface area contributed by atoms with E-state index in [-0.39, 0.29) is 23.3 Å². The number of amides is 2. The fourth-order valence-corrected chi connectivity index (χ4v) is 4.13. The maximum absolute atomic E-state index is 12.8. The Morgan fingerprint density at radius 1 is 1.07 bits per heavy atom. The van der Waals surface area contributed by atoms with E-state index in [1.165, 1.54) is 12.1 Å². The molecule has 2 rings (SSSR count). The van der Waals surface area contributed by atoms with Crippen molar-refractivity contribution in [3.8, 4) is 0 Å². The molecule has 2 amide bonds. The molecule has 9 heteroatoms. The summed E-state index contributed by atoms with van der Waals surface area (Å²) in [5.74, 6) is -0.206. The molecule has 0 bridgehead atoms. The SMILES string of the molecule is CCNC(=O)CN1CCCN(C(=O)c2cccc(S(=O)(=O)NCC)c2)CC1. The highest BCUT2D eigenvalue weighted by atomic mass is 32.2. The van der Waals surface area contributed by atoms with Crippen LogP contribution in [0.5, 0.6) is 0 Å². The number of likely N-dealkylation sites (N-methyl/N-ethyl adjacent to an activating group) is 1. The van der Waals surface area contributed by atoms with Crippen molar-refractivity contribution in [2.24, 2.45) is 0 Å². The number of nitrogens with one attached hydrogen (secondary N) is 2. The first-order chi connectivity index (χ1) is 12.9. The van der Waals surface area contributed by atoms with E-state index in [0.717, 1.165) is 13.0 Å². The second kappa shape index (κ2) is 9.82. The third-order valence-electron chi connectivity index (χ3n) is 4.34. The zero-order valence-electron chi connectivity index (χ0n) is 15.9. The molecular formula is C18H28N4O4S. The van der Waals surface area contributed by atoms with Gasteiger partial charge < -0.3 is 10.2 Å². The fourth-order valence-electron chi connectivity index (χ4n) is 3.04. The van der Waals surface area contributed by atoms with E-state index in [1.54, 1.807) is 24.0 Å². The smallest absolute Gasteiger partial charge is 0.253 e.